The summed E-state index contributed by atoms with van der Waals surface area (Å²) in [7, 11) is -3.69. The number of carbonyl (C=O) groups is 1. The Morgan fingerprint density at radius 3 is 2.50 bits per heavy atom. The van der Waals surface area contributed by atoms with Gasteiger partial charge < -0.3 is 5.32 Å². The number of hydrogen-bond donors (Lipinski definition) is 1. The van der Waals surface area contributed by atoms with Gasteiger partial charge in [-0.1, -0.05) is 36.8 Å². The molecular weight excluding hydrogens is 348 g/mol. The van der Waals surface area contributed by atoms with Crippen molar-refractivity contribution in [3.63, 3.8) is 0 Å². The third-order valence-electron chi connectivity index (χ3n) is 4.97. The van der Waals surface area contributed by atoms with Crippen LogP contribution in [0.2, 0.25) is 0 Å². The summed E-state index contributed by atoms with van der Waals surface area (Å²) in [5, 5.41) is 2.93. The molecule has 138 valence electrons. The average Bonchev–Trinajstić information content (AvgIpc) is 2.66. The van der Waals surface area contributed by atoms with E-state index in [9.17, 15) is 13.2 Å². The summed E-state index contributed by atoms with van der Waals surface area (Å²) in [5.74, 6) is -0.266. The second-order valence-electron chi connectivity index (χ2n) is 6.68. The Morgan fingerprint density at radius 2 is 1.77 bits per heavy atom. The predicted octanol–water partition coefficient (Wildman–Crippen LogP) is 3.49. The fourth-order valence-corrected chi connectivity index (χ4v) is 4.96. The zero-order chi connectivity index (χ0) is 18.7. The van der Waals surface area contributed by atoms with Crippen molar-refractivity contribution in [2.75, 3.05) is 11.9 Å². The highest BCUT2D eigenvalue weighted by Crippen LogP contribution is 2.27. The molecule has 1 N–H and O–H groups in total. The summed E-state index contributed by atoms with van der Waals surface area (Å²) < 4.78 is 27.4. The van der Waals surface area contributed by atoms with Crippen molar-refractivity contribution < 1.29 is 13.2 Å². The Balaban J connectivity index is 1.87. The average molecular weight is 372 g/mol. The fraction of sp³-hybridized carbons (Fsp3) is 0.350. The summed E-state index contributed by atoms with van der Waals surface area (Å²) in [6.45, 7) is 4.30. The van der Waals surface area contributed by atoms with Gasteiger partial charge in [0.1, 0.15) is 6.04 Å². The maximum absolute atomic E-state index is 13.0. The lowest BCUT2D eigenvalue weighted by Crippen LogP contribution is -2.49. The van der Waals surface area contributed by atoms with E-state index in [0.29, 0.717) is 13.0 Å². The second-order valence-corrected chi connectivity index (χ2v) is 8.57. The normalized spacial score (nSPS) is 18.5. The molecule has 1 aliphatic heterocycles. The molecule has 0 radical (unpaired) electrons. The fourth-order valence-electron chi connectivity index (χ4n) is 3.29. The number of aryl methyl sites for hydroxylation is 1. The van der Waals surface area contributed by atoms with E-state index in [2.05, 4.69) is 5.32 Å². The lowest BCUT2D eigenvalue weighted by Gasteiger charge is -2.33. The number of sulfonamides is 1. The maximum Gasteiger partial charge on any atom is 0.243 e. The second kappa shape index (κ2) is 7.60. The standard InChI is InChI=1S/C20H24N2O3S/c1-15-9-8-12-18(16(15)2)21-20(23)19-13-6-7-14-22(19)26(24,25)17-10-4-3-5-11-17/h3-5,8-12,19H,6-7,13-14H2,1-2H3,(H,21,23)/t19-/m1/s1. The van der Waals surface area contributed by atoms with E-state index in [0.717, 1.165) is 29.7 Å². The summed E-state index contributed by atoms with van der Waals surface area (Å²) in [6.07, 6.45) is 2.13. The lowest BCUT2D eigenvalue weighted by atomic mass is 10.0. The molecule has 2 aromatic rings. The van der Waals surface area contributed by atoms with Gasteiger partial charge in [0.25, 0.3) is 0 Å². The molecular formula is C20H24N2O3S. The van der Waals surface area contributed by atoms with Crippen LogP contribution in [0.15, 0.2) is 53.4 Å². The van der Waals surface area contributed by atoms with Gasteiger partial charge in [-0.2, -0.15) is 4.31 Å². The van der Waals surface area contributed by atoms with Crippen LogP contribution in [0.1, 0.15) is 30.4 Å². The van der Waals surface area contributed by atoms with Gasteiger partial charge in [-0.3, -0.25) is 4.79 Å². The van der Waals surface area contributed by atoms with Crippen molar-refractivity contribution in [3.05, 3.63) is 59.7 Å². The molecule has 1 aliphatic rings. The van der Waals surface area contributed by atoms with E-state index in [1.54, 1.807) is 30.3 Å². The van der Waals surface area contributed by atoms with Crippen molar-refractivity contribution in [2.45, 2.75) is 44.0 Å². The molecule has 0 aromatic heterocycles. The van der Waals surface area contributed by atoms with Crippen LogP contribution in [0.25, 0.3) is 0 Å². The first-order chi connectivity index (χ1) is 12.4. The maximum atomic E-state index is 13.0. The quantitative estimate of drug-likeness (QED) is 0.893. The molecule has 5 nitrogen and oxygen atoms in total. The molecule has 6 heteroatoms. The molecule has 0 aliphatic carbocycles. The van der Waals surface area contributed by atoms with Crippen molar-refractivity contribution in [3.8, 4) is 0 Å². The van der Waals surface area contributed by atoms with Gasteiger partial charge in [-0.05, 0) is 56.0 Å². The van der Waals surface area contributed by atoms with Crippen LogP contribution in [0, 0.1) is 13.8 Å². The number of amides is 1. The molecule has 1 saturated heterocycles. The minimum Gasteiger partial charge on any atom is -0.324 e. The van der Waals surface area contributed by atoms with Crippen LogP contribution < -0.4 is 5.32 Å². The van der Waals surface area contributed by atoms with E-state index < -0.39 is 16.1 Å². The van der Waals surface area contributed by atoms with Crippen molar-refractivity contribution in [1.82, 2.24) is 4.31 Å². The number of hydrogen-bond acceptors (Lipinski definition) is 3. The molecule has 3 rings (SSSR count). The van der Waals surface area contributed by atoms with Gasteiger partial charge in [-0.25, -0.2) is 8.42 Å². The third-order valence-corrected chi connectivity index (χ3v) is 6.89. The third kappa shape index (κ3) is 3.66. The highest BCUT2D eigenvalue weighted by Gasteiger charge is 2.37. The number of piperidine rings is 1. The predicted molar refractivity (Wildman–Crippen MR) is 103 cm³/mol. The first kappa shape index (κ1) is 18.6. The Hall–Kier alpha value is -2.18. The van der Waals surface area contributed by atoms with Crippen LogP contribution in [-0.2, 0) is 14.8 Å². The number of anilines is 1. The first-order valence-electron chi connectivity index (χ1n) is 8.85. The van der Waals surface area contributed by atoms with E-state index >= 15 is 0 Å². The summed E-state index contributed by atoms with van der Waals surface area (Å²) in [6, 6.07) is 13.3. The zero-order valence-electron chi connectivity index (χ0n) is 15.1. The molecule has 1 heterocycles. The number of benzene rings is 2. The van der Waals surface area contributed by atoms with Crippen LogP contribution in [0.4, 0.5) is 5.69 Å². The van der Waals surface area contributed by atoms with E-state index in [-0.39, 0.29) is 10.8 Å². The zero-order valence-corrected chi connectivity index (χ0v) is 15.9. The van der Waals surface area contributed by atoms with Gasteiger partial charge >= 0.3 is 0 Å². The minimum atomic E-state index is -3.69. The van der Waals surface area contributed by atoms with Crippen LogP contribution >= 0.6 is 0 Å². The summed E-state index contributed by atoms with van der Waals surface area (Å²) >= 11 is 0. The van der Waals surface area contributed by atoms with Gasteiger partial charge in [0.05, 0.1) is 4.90 Å². The Kier molecular flexibility index (Phi) is 5.44. The number of rotatable bonds is 4. The van der Waals surface area contributed by atoms with Gasteiger partial charge in [0.15, 0.2) is 0 Å². The highest BCUT2D eigenvalue weighted by atomic mass is 32.2. The minimum absolute atomic E-state index is 0.228. The molecule has 0 saturated carbocycles. The SMILES string of the molecule is Cc1cccc(NC(=O)[C@H]2CCCCN2S(=O)(=O)c2ccccc2)c1C. The largest absolute Gasteiger partial charge is 0.324 e. The summed E-state index contributed by atoms with van der Waals surface area (Å²) in [5.41, 5.74) is 2.81. The monoisotopic (exact) mass is 372 g/mol. The molecule has 1 fully saturated rings. The van der Waals surface area contributed by atoms with Crippen LogP contribution in [-0.4, -0.2) is 31.2 Å². The van der Waals surface area contributed by atoms with Gasteiger partial charge in [-0.15, -0.1) is 0 Å². The Labute approximate surface area is 155 Å². The first-order valence-corrected chi connectivity index (χ1v) is 10.3. The molecule has 26 heavy (non-hydrogen) atoms. The topological polar surface area (TPSA) is 66.5 Å². The highest BCUT2D eigenvalue weighted by molar-refractivity contribution is 7.89. The van der Waals surface area contributed by atoms with Crippen molar-refractivity contribution in [2.24, 2.45) is 0 Å². The number of nitrogens with zero attached hydrogens (tertiary/aromatic N) is 1. The van der Waals surface area contributed by atoms with Crippen LogP contribution in [0.3, 0.4) is 0 Å². The molecule has 0 unspecified atom stereocenters. The Bertz CT molecular complexity index is 895. The van der Waals surface area contributed by atoms with E-state index in [1.165, 1.54) is 4.31 Å². The molecule has 1 amide bonds. The Morgan fingerprint density at radius 1 is 1.04 bits per heavy atom. The van der Waals surface area contributed by atoms with E-state index in [1.807, 2.05) is 32.0 Å². The van der Waals surface area contributed by atoms with Crippen molar-refractivity contribution >= 4 is 21.6 Å². The smallest absolute Gasteiger partial charge is 0.243 e. The summed E-state index contributed by atoms with van der Waals surface area (Å²) in [4.78, 5) is 13.1. The number of nitrogens with one attached hydrogen (secondary N) is 1. The molecule has 1 atom stereocenters. The molecule has 2 aromatic carbocycles. The van der Waals surface area contributed by atoms with Crippen molar-refractivity contribution in [1.29, 1.82) is 0 Å². The number of carbonyl (C=O) groups excluding carboxylic acids is 1. The molecule has 0 bridgehead atoms. The van der Waals surface area contributed by atoms with E-state index in [4.69, 9.17) is 0 Å². The van der Waals surface area contributed by atoms with Crippen LogP contribution in [0.5, 0.6) is 0 Å². The lowest BCUT2D eigenvalue weighted by molar-refractivity contribution is -0.120. The van der Waals surface area contributed by atoms with Gasteiger partial charge in [0.2, 0.25) is 15.9 Å². The van der Waals surface area contributed by atoms with Gasteiger partial charge in [0, 0.05) is 12.2 Å². The molecule has 0 spiro atoms.